The second-order valence-electron chi connectivity index (χ2n) is 6.30. The van der Waals surface area contributed by atoms with E-state index in [1.807, 2.05) is 4.74 Å². The van der Waals surface area contributed by atoms with Gasteiger partial charge < -0.3 is 9.84 Å². The predicted octanol–water partition coefficient (Wildman–Crippen LogP) is 5.86. The van der Waals surface area contributed by atoms with Crippen molar-refractivity contribution in [3.8, 4) is 5.75 Å². The van der Waals surface area contributed by atoms with Crippen LogP contribution in [0.1, 0.15) is 5.56 Å². The van der Waals surface area contributed by atoms with Crippen molar-refractivity contribution in [1.29, 1.82) is 0 Å². The molecule has 1 aromatic carbocycles. The topological polar surface area (TPSA) is 57.2 Å². The Labute approximate surface area is 192 Å². The molecule has 0 heterocycles. The van der Waals surface area contributed by atoms with Gasteiger partial charge in [-0.05, 0) is 0 Å². The van der Waals surface area contributed by atoms with Gasteiger partial charge in [0.1, 0.15) is 6.61 Å². The van der Waals surface area contributed by atoms with Gasteiger partial charge in [0, 0.05) is 0 Å². The van der Waals surface area contributed by atoms with Crippen LogP contribution in [0.25, 0.3) is 6.08 Å². The van der Waals surface area contributed by atoms with Gasteiger partial charge in [-0.25, -0.2) is 23.0 Å². The molecule has 214 valence electrons. The minimum Gasteiger partial charge on any atom is -0.478 e. The van der Waals surface area contributed by atoms with Gasteiger partial charge in [-0.1, -0.05) is 12.7 Å². The van der Waals surface area contributed by atoms with Gasteiger partial charge in [-0.2, -0.15) is 61.5 Å². The average Bonchev–Trinajstić information content (AvgIpc) is 2.70. The Morgan fingerprint density at radius 3 is 1.30 bits per heavy atom. The van der Waals surface area contributed by atoms with Crippen LogP contribution < -0.4 is 4.74 Å². The van der Waals surface area contributed by atoms with Crippen molar-refractivity contribution in [2.24, 2.45) is 0 Å². The zero-order chi connectivity index (χ0) is 29.4. The maximum atomic E-state index is 13.7. The van der Waals surface area contributed by atoms with E-state index in [1.165, 1.54) is 0 Å². The van der Waals surface area contributed by atoms with E-state index < -0.39 is 84.4 Å². The summed E-state index contributed by atoms with van der Waals surface area (Å²) >= 11 is 0. The summed E-state index contributed by atoms with van der Waals surface area (Å²) in [6, 6.07) is 0. The third kappa shape index (κ3) is 7.08. The summed E-state index contributed by atoms with van der Waals surface area (Å²) in [5.74, 6) is -12.1. The Kier molecular flexibility index (Phi) is 9.07. The molecule has 0 aromatic heterocycles. The molecule has 0 aliphatic heterocycles. The molecular formula is C16H8F16O5. The van der Waals surface area contributed by atoms with Crippen LogP contribution in [0.15, 0.2) is 6.58 Å². The van der Waals surface area contributed by atoms with Crippen LogP contribution in [-0.2, 0) is 14.2 Å². The first-order valence-corrected chi connectivity index (χ1v) is 8.46. The van der Waals surface area contributed by atoms with E-state index in [0.29, 0.717) is 0 Å². The molecule has 0 aliphatic carbocycles. The van der Waals surface area contributed by atoms with Gasteiger partial charge in [-0.3, -0.25) is 0 Å². The number of aliphatic hydroxyl groups excluding tert-OH is 1. The molecule has 0 radical (unpaired) electrons. The van der Waals surface area contributed by atoms with Crippen LogP contribution in [0.4, 0.5) is 70.2 Å². The zero-order valence-electron chi connectivity index (χ0n) is 16.8. The molecule has 1 aromatic rings. The molecule has 1 N–H and O–H groups in total. The van der Waals surface area contributed by atoms with E-state index in [9.17, 15) is 70.2 Å². The fourth-order valence-electron chi connectivity index (χ4n) is 1.93. The first-order valence-electron chi connectivity index (χ1n) is 8.46. The van der Waals surface area contributed by atoms with E-state index in [0.717, 1.165) is 0 Å². The van der Waals surface area contributed by atoms with E-state index >= 15 is 0 Å². The Bertz CT molecular complexity index is 967. The molecule has 1 rings (SSSR count). The van der Waals surface area contributed by atoms with Crippen LogP contribution in [0.2, 0.25) is 0 Å². The standard InChI is InChI=1S/C16H8F16O5/c1-2-5-6(17)8(19)10(9(20)7(5)18)34-4-12(23,24)36-14(27,28)16(31,32)37-15(29,30)13(25,26)35-11(21,22)3-33/h2,33H,1,3-4H2. The minimum absolute atomic E-state index is 0.205. The highest BCUT2D eigenvalue weighted by Crippen LogP contribution is 2.48. The van der Waals surface area contributed by atoms with Crippen molar-refractivity contribution < 1.29 is 94.3 Å². The highest BCUT2D eigenvalue weighted by atomic mass is 19.4. The lowest BCUT2D eigenvalue weighted by atomic mass is 10.1. The molecule has 0 saturated carbocycles. The maximum absolute atomic E-state index is 13.7. The van der Waals surface area contributed by atoms with Crippen molar-refractivity contribution in [3.63, 3.8) is 0 Å². The number of halogens is 16. The maximum Gasteiger partial charge on any atom is 0.453 e. The number of ether oxygens (including phenoxy) is 4. The molecule has 0 spiro atoms. The molecule has 0 unspecified atom stereocenters. The molecule has 0 aliphatic rings. The summed E-state index contributed by atoms with van der Waals surface area (Å²) in [4.78, 5) is 0. The van der Waals surface area contributed by atoms with Gasteiger partial charge in [0.2, 0.25) is 11.6 Å². The van der Waals surface area contributed by atoms with Crippen LogP contribution >= 0.6 is 0 Å². The normalized spacial score (nSPS) is 14.2. The number of aliphatic hydroxyl groups is 1. The second-order valence-corrected chi connectivity index (χ2v) is 6.30. The number of benzene rings is 1. The van der Waals surface area contributed by atoms with Gasteiger partial charge in [0.15, 0.2) is 24.0 Å². The Morgan fingerprint density at radius 2 is 0.946 bits per heavy atom. The smallest absolute Gasteiger partial charge is 0.453 e. The van der Waals surface area contributed by atoms with E-state index in [-0.39, 0.29) is 6.08 Å². The van der Waals surface area contributed by atoms with Gasteiger partial charge in [0.25, 0.3) is 0 Å². The number of rotatable bonds is 13. The van der Waals surface area contributed by atoms with E-state index in [2.05, 4.69) is 16.1 Å². The number of alkyl halides is 12. The molecule has 21 heteroatoms. The summed E-state index contributed by atoms with van der Waals surface area (Å²) in [5, 5.41) is 7.97. The third-order valence-corrected chi connectivity index (χ3v) is 3.52. The lowest BCUT2D eigenvalue weighted by molar-refractivity contribution is -0.557. The first kappa shape index (κ1) is 32.5. The molecule has 0 bridgehead atoms. The van der Waals surface area contributed by atoms with Crippen molar-refractivity contribution in [2.75, 3.05) is 13.2 Å². The highest BCUT2D eigenvalue weighted by molar-refractivity contribution is 5.51. The van der Waals surface area contributed by atoms with Gasteiger partial charge in [-0.15, -0.1) is 0 Å². The summed E-state index contributed by atoms with van der Waals surface area (Å²) in [5.41, 5.74) is -1.49. The quantitative estimate of drug-likeness (QED) is 0.233. The molecular weight excluding hydrogens is 576 g/mol. The van der Waals surface area contributed by atoms with Gasteiger partial charge in [0.05, 0.1) is 5.56 Å². The summed E-state index contributed by atoms with van der Waals surface area (Å²) in [6.45, 7) is -3.00. The van der Waals surface area contributed by atoms with Crippen molar-refractivity contribution in [1.82, 2.24) is 0 Å². The van der Waals surface area contributed by atoms with Gasteiger partial charge >= 0.3 is 36.7 Å². The molecule has 37 heavy (non-hydrogen) atoms. The monoisotopic (exact) mass is 584 g/mol. The summed E-state index contributed by atoms with van der Waals surface area (Å²) < 4.78 is 222. The van der Waals surface area contributed by atoms with E-state index in [1.54, 1.807) is 4.74 Å². The van der Waals surface area contributed by atoms with Crippen LogP contribution in [0.5, 0.6) is 5.75 Å². The molecule has 5 nitrogen and oxygen atoms in total. The first-order chi connectivity index (χ1) is 16.4. The largest absolute Gasteiger partial charge is 0.478 e. The van der Waals surface area contributed by atoms with Crippen molar-refractivity contribution >= 4 is 6.08 Å². The number of hydrogen-bond donors (Lipinski definition) is 1. The van der Waals surface area contributed by atoms with Crippen LogP contribution in [0.3, 0.4) is 0 Å². The highest BCUT2D eigenvalue weighted by Gasteiger charge is 2.74. The van der Waals surface area contributed by atoms with Crippen LogP contribution in [0, 0.1) is 23.3 Å². The lowest BCUT2D eigenvalue weighted by Crippen LogP contribution is -2.58. The SMILES string of the molecule is C=Cc1c(F)c(F)c(OCC(F)(F)OC(F)(F)C(F)(F)OC(F)(F)C(F)(F)OC(F)(F)CO)c(F)c1F. The Balaban J connectivity index is 3.13. The second kappa shape index (κ2) is 10.3. The molecule has 0 saturated heterocycles. The molecule has 0 fully saturated rings. The van der Waals surface area contributed by atoms with Crippen molar-refractivity contribution in [3.05, 3.63) is 35.4 Å². The third-order valence-electron chi connectivity index (χ3n) is 3.52. The molecule has 0 atom stereocenters. The lowest BCUT2D eigenvalue weighted by Gasteiger charge is -2.34. The summed E-state index contributed by atoms with van der Waals surface area (Å²) in [6.07, 6.45) is -39.7. The fraction of sp³-hybridized carbons (Fsp3) is 0.500. The zero-order valence-corrected chi connectivity index (χ0v) is 16.8. The molecule has 0 amide bonds. The summed E-state index contributed by atoms with van der Waals surface area (Å²) in [7, 11) is 0. The fourth-order valence-corrected chi connectivity index (χ4v) is 1.93. The Morgan fingerprint density at radius 1 is 0.595 bits per heavy atom. The minimum atomic E-state index is -7.23. The Hall–Kier alpha value is -2.52. The van der Waals surface area contributed by atoms with Crippen LogP contribution in [-0.4, -0.2) is 55.0 Å². The number of hydrogen-bond acceptors (Lipinski definition) is 5. The average molecular weight is 584 g/mol. The van der Waals surface area contributed by atoms with E-state index in [4.69, 9.17) is 5.11 Å². The van der Waals surface area contributed by atoms with Crippen molar-refractivity contribution in [2.45, 2.75) is 36.7 Å². The predicted molar refractivity (Wildman–Crippen MR) is 81.9 cm³/mol.